The molecule has 25 heavy (non-hydrogen) atoms. The summed E-state index contributed by atoms with van der Waals surface area (Å²) in [6, 6.07) is 11.8. The van der Waals surface area contributed by atoms with E-state index >= 15 is 0 Å². The van der Waals surface area contributed by atoms with Crippen molar-refractivity contribution in [2.75, 3.05) is 0 Å². The summed E-state index contributed by atoms with van der Waals surface area (Å²) < 4.78 is 15.3. The number of aliphatic hydroxyl groups excluding tert-OH is 1. The summed E-state index contributed by atoms with van der Waals surface area (Å²) in [5.74, 6) is -0.401. The van der Waals surface area contributed by atoms with E-state index in [1.807, 2.05) is 18.2 Å². The average Bonchev–Trinajstić information content (AvgIpc) is 2.95. The van der Waals surface area contributed by atoms with Gasteiger partial charge in [-0.25, -0.2) is 4.39 Å². The van der Waals surface area contributed by atoms with Crippen molar-refractivity contribution in [3.8, 4) is 17.3 Å². The van der Waals surface area contributed by atoms with E-state index < -0.39 is 11.9 Å². The Morgan fingerprint density at radius 2 is 2.12 bits per heavy atom. The zero-order valence-electron chi connectivity index (χ0n) is 13.9. The minimum Gasteiger partial charge on any atom is -0.389 e. The van der Waals surface area contributed by atoms with Crippen LogP contribution in [0.1, 0.15) is 35.5 Å². The quantitative estimate of drug-likeness (QED) is 0.794. The molecule has 2 aromatic heterocycles. The number of halogens is 1. The van der Waals surface area contributed by atoms with Crippen LogP contribution in [0.3, 0.4) is 0 Å². The molecule has 0 spiro atoms. The fourth-order valence-corrected chi connectivity index (χ4v) is 2.84. The largest absolute Gasteiger partial charge is 0.389 e. The molecule has 1 atom stereocenters. The number of pyridine rings is 1. The molecule has 0 saturated carbocycles. The van der Waals surface area contributed by atoms with Gasteiger partial charge in [-0.15, -0.1) is 0 Å². The molecule has 6 heteroatoms. The number of aliphatic hydroxyl groups is 1. The van der Waals surface area contributed by atoms with E-state index in [1.165, 1.54) is 12.1 Å². The summed E-state index contributed by atoms with van der Waals surface area (Å²) in [6.07, 6.45) is 1.37. The van der Waals surface area contributed by atoms with Gasteiger partial charge in [-0.1, -0.05) is 6.07 Å². The predicted molar refractivity (Wildman–Crippen MR) is 91.0 cm³/mol. The Morgan fingerprint density at radius 1 is 1.32 bits per heavy atom. The molecular weight excluding hydrogens is 319 g/mol. The lowest BCUT2D eigenvalue weighted by atomic mass is 9.95. The standard InChI is InChI=1S/C19H17FN4O/c1-12(25)18-9-14(20)5-6-17(18)19-13(4-3-7-22-19)8-16-10-15(11-21)23-24(16)2/h3-7,9-10,12,25H,8H2,1-2H3. The molecule has 0 bridgehead atoms. The van der Waals surface area contributed by atoms with Gasteiger partial charge in [0.05, 0.1) is 11.8 Å². The molecule has 0 aliphatic carbocycles. The Labute approximate surface area is 145 Å². The van der Waals surface area contributed by atoms with Gasteiger partial charge in [-0.2, -0.15) is 10.4 Å². The van der Waals surface area contributed by atoms with Crippen LogP contribution in [0, 0.1) is 17.1 Å². The SMILES string of the molecule is CC(O)c1cc(F)ccc1-c1ncccc1Cc1cc(C#N)nn1C. The Hall–Kier alpha value is -3.04. The molecule has 2 heterocycles. The zero-order chi connectivity index (χ0) is 18.0. The van der Waals surface area contributed by atoms with Crippen LogP contribution in [0.2, 0.25) is 0 Å². The smallest absolute Gasteiger partial charge is 0.162 e. The minimum atomic E-state index is -0.817. The third-order valence-electron chi connectivity index (χ3n) is 4.07. The van der Waals surface area contributed by atoms with Crippen LogP contribution in [-0.4, -0.2) is 19.9 Å². The van der Waals surface area contributed by atoms with Crippen molar-refractivity contribution in [2.45, 2.75) is 19.4 Å². The van der Waals surface area contributed by atoms with Crippen molar-refractivity contribution in [1.29, 1.82) is 5.26 Å². The molecule has 0 radical (unpaired) electrons. The summed E-state index contributed by atoms with van der Waals surface area (Å²) >= 11 is 0. The number of hydrogen-bond acceptors (Lipinski definition) is 4. The van der Waals surface area contributed by atoms with Gasteiger partial charge in [0.15, 0.2) is 5.69 Å². The lowest BCUT2D eigenvalue weighted by Gasteiger charge is -2.15. The first-order valence-corrected chi connectivity index (χ1v) is 7.84. The highest BCUT2D eigenvalue weighted by Gasteiger charge is 2.16. The summed E-state index contributed by atoms with van der Waals surface area (Å²) in [7, 11) is 1.78. The van der Waals surface area contributed by atoms with E-state index in [1.54, 1.807) is 37.0 Å². The predicted octanol–water partition coefficient (Wildman–Crippen LogP) is 3.14. The van der Waals surface area contributed by atoms with Gasteiger partial charge in [-0.05, 0) is 48.4 Å². The highest BCUT2D eigenvalue weighted by molar-refractivity contribution is 5.68. The Kier molecular flexibility index (Phi) is 4.59. The minimum absolute atomic E-state index is 0.356. The number of hydrogen-bond donors (Lipinski definition) is 1. The molecule has 5 nitrogen and oxygen atoms in total. The van der Waals surface area contributed by atoms with E-state index in [2.05, 4.69) is 10.1 Å². The van der Waals surface area contributed by atoms with Crippen LogP contribution in [0.4, 0.5) is 4.39 Å². The maximum Gasteiger partial charge on any atom is 0.162 e. The molecule has 0 amide bonds. The van der Waals surface area contributed by atoms with Crippen LogP contribution in [0.15, 0.2) is 42.6 Å². The Morgan fingerprint density at radius 3 is 2.80 bits per heavy atom. The van der Waals surface area contributed by atoms with Gasteiger partial charge < -0.3 is 5.11 Å². The Bertz CT molecular complexity index is 956. The first-order chi connectivity index (χ1) is 12.0. The van der Waals surface area contributed by atoms with Gasteiger partial charge in [0.2, 0.25) is 0 Å². The second-order valence-electron chi connectivity index (χ2n) is 5.85. The lowest BCUT2D eigenvalue weighted by molar-refractivity contribution is 0.199. The zero-order valence-corrected chi connectivity index (χ0v) is 13.9. The van der Waals surface area contributed by atoms with Crippen LogP contribution in [0.5, 0.6) is 0 Å². The summed E-state index contributed by atoms with van der Waals surface area (Å²) in [6.45, 7) is 1.60. The molecule has 0 saturated heterocycles. The molecule has 3 aromatic rings. The molecule has 0 aliphatic rings. The number of aryl methyl sites for hydroxylation is 1. The number of rotatable bonds is 4. The third kappa shape index (κ3) is 3.42. The van der Waals surface area contributed by atoms with E-state index in [9.17, 15) is 9.50 Å². The summed E-state index contributed by atoms with van der Waals surface area (Å²) in [5.41, 5.74) is 3.99. The fourth-order valence-electron chi connectivity index (χ4n) is 2.84. The van der Waals surface area contributed by atoms with Crippen molar-refractivity contribution >= 4 is 0 Å². The molecule has 0 fully saturated rings. The highest BCUT2D eigenvalue weighted by Crippen LogP contribution is 2.31. The lowest BCUT2D eigenvalue weighted by Crippen LogP contribution is -2.03. The number of aromatic nitrogens is 3. The first-order valence-electron chi connectivity index (χ1n) is 7.84. The second kappa shape index (κ2) is 6.83. The first kappa shape index (κ1) is 16.8. The highest BCUT2D eigenvalue weighted by atomic mass is 19.1. The average molecular weight is 336 g/mol. The topological polar surface area (TPSA) is 74.7 Å². The van der Waals surface area contributed by atoms with Crippen molar-refractivity contribution in [2.24, 2.45) is 7.05 Å². The second-order valence-corrected chi connectivity index (χ2v) is 5.85. The van der Waals surface area contributed by atoms with Gasteiger partial charge in [-0.3, -0.25) is 9.67 Å². The number of nitriles is 1. The summed E-state index contributed by atoms with van der Waals surface area (Å²) in [4.78, 5) is 4.45. The van der Waals surface area contributed by atoms with Crippen molar-refractivity contribution in [3.05, 3.63) is 70.9 Å². The fraction of sp³-hybridized carbons (Fsp3) is 0.211. The van der Waals surface area contributed by atoms with Gasteiger partial charge >= 0.3 is 0 Å². The molecular formula is C19H17FN4O. The van der Waals surface area contributed by atoms with Crippen LogP contribution in [-0.2, 0) is 13.5 Å². The van der Waals surface area contributed by atoms with E-state index in [4.69, 9.17) is 5.26 Å². The molecule has 1 unspecified atom stereocenters. The normalized spacial score (nSPS) is 12.0. The summed E-state index contributed by atoms with van der Waals surface area (Å²) in [5, 5.41) is 23.1. The van der Waals surface area contributed by atoms with Crippen molar-refractivity contribution < 1.29 is 9.50 Å². The molecule has 1 aromatic carbocycles. The molecule has 126 valence electrons. The van der Waals surface area contributed by atoms with Crippen LogP contribution in [0.25, 0.3) is 11.3 Å². The van der Waals surface area contributed by atoms with E-state index in [0.717, 1.165) is 11.3 Å². The molecule has 1 N–H and O–H groups in total. The van der Waals surface area contributed by atoms with Crippen molar-refractivity contribution in [1.82, 2.24) is 14.8 Å². The van der Waals surface area contributed by atoms with Crippen molar-refractivity contribution in [3.63, 3.8) is 0 Å². The monoisotopic (exact) mass is 336 g/mol. The van der Waals surface area contributed by atoms with Gasteiger partial charge in [0.25, 0.3) is 0 Å². The third-order valence-corrected chi connectivity index (χ3v) is 4.07. The maximum atomic E-state index is 13.6. The van der Waals surface area contributed by atoms with Crippen LogP contribution >= 0.6 is 0 Å². The molecule has 3 rings (SSSR count). The van der Waals surface area contributed by atoms with Gasteiger partial charge in [0, 0.05) is 30.9 Å². The Balaban J connectivity index is 2.08. The van der Waals surface area contributed by atoms with E-state index in [-0.39, 0.29) is 0 Å². The molecule has 0 aliphatic heterocycles. The van der Waals surface area contributed by atoms with Crippen LogP contribution < -0.4 is 0 Å². The van der Waals surface area contributed by atoms with Gasteiger partial charge in [0.1, 0.15) is 11.9 Å². The number of benzene rings is 1. The number of nitrogens with zero attached hydrogens (tertiary/aromatic N) is 4. The van der Waals surface area contributed by atoms with E-state index in [0.29, 0.717) is 28.9 Å². The maximum absolute atomic E-state index is 13.6.